The van der Waals surface area contributed by atoms with Crippen LogP contribution in [0.5, 0.6) is 0 Å². The van der Waals surface area contributed by atoms with Gasteiger partial charge in [0.2, 0.25) is 0 Å². The average molecular weight is 455 g/mol. The lowest BCUT2D eigenvalue weighted by atomic mass is 10.5. The number of epoxide rings is 2. The molecular weight excluding hydrogens is 412 g/mol. The molecule has 0 aliphatic carbocycles. The van der Waals surface area contributed by atoms with E-state index in [1.165, 1.54) is 6.04 Å². The second-order valence-corrected chi connectivity index (χ2v) is 15.7. The highest BCUT2D eigenvalue weighted by Crippen LogP contribution is 2.15. The molecular formula is C19H42O8Si2. The third-order valence-corrected chi connectivity index (χ3v) is 10.6. The molecule has 0 aromatic carbocycles. The molecule has 2 heterocycles. The van der Waals surface area contributed by atoms with E-state index in [0.29, 0.717) is 25.4 Å². The molecule has 1 N–H and O–H groups in total. The van der Waals surface area contributed by atoms with E-state index in [1.54, 1.807) is 14.2 Å². The smallest absolute Gasteiger partial charge is 0.364 e. The maximum Gasteiger partial charge on any atom is 0.364 e. The van der Waals surface area contributed by atoms with Crippen molar-refractivity contribution in [3.05, 3.63) is 0 Å². The van der Waals surface area contributed by atoms with Gasteiger partial charge in [0, 0.05) is 34.0 Å². The van der Waals surface area contributed by atoms with Crippen LogP contribution in [0.1, 0.15) is 19.8 Å². The fourth-order valence-electron chi connectivity index (χ4n) is 2.76. The van der Waals surface area contributed by atoms with E-state index in [4.69, 9.17) is 32.2 Å². The Bertz CT molecular complexity index is 393. The molecule has 174 valence electrons. The second kappa shape index (κ2) is 15.0. The highest BCUT2D eigenvalue weighted by Gasteiger charge is 2.34. The molecule has 0 saturated carbocycles. The SMILES string of the molecule is CCO[Si](C)(C)CCCOCC1CO1.CO[Si](CO)(CCCOCC1CO1)OC. The second-order valence-electron chi connectivity index (χ2n) is 7.94. The predicted molar refractivity (Wildman–Crippen MR) is 116 cm³/mol. The van der Waals surface area contributed by atoms with Gasteiger partial charge in [-0.15, -0.1) is 0 Å². The molecule has 2 aliphatic heterocycles. The summed E-state index contributed by atoms with van der Waals surface area (Å²) in [5, 5.41) is 9.18. The Morgan fingerprint density at radius 3 is 1.76 bits per heavy atom. The van der Waals surface area contributed by atoms with E-state index in [0.717, 1.165) is 51.9 Å². The maximum absolute atomic E-state index is 9.18. The van der Waals surface area contributed by atoms with Crippen LogP contribution in [0.3, 0.4) is 0 Å². The molecule has 0 amide bonds. The fourth-order valence-corrected chi connectivity index (χ4v) is 6.36. The molecule has 2 aliphatic rings. The fraction of sp³-hybridized carbons (Fsp3) is 1.00. The van der Waals surface area contributed by atoms with Crippen molar-refractivity contribution in [2.75, 3.05) is 66.7 Å². The van der Waals surface area contributed by atoms with Crippen LogP contribution in [-0.4, -0.2) is 101 Å². The standard InChI is InChI=1S/C10H22O3Si.C9H20O5Si/c1-4-13-14(2,3)7-5-6-11-8-10-9-12-10;1-11-15(8-10,12-2)5-3-4-13-6-9-7-14-9/h10H,4-9H2,1-3H3;9-10H,3-8H2,1-2H3. The van der Waals surface area contributed by atoms with Crippen LogP contribution in [0.15, 0.2) is 0 Å². The molecule has 0 radical (unpaired) electrons. The summed E-state index contributed by atoms with van der Waals surface area (Å²) in [5.41, 5.74) is 0. The summed E-state index contributed by atoms with van der Waals surface area (Å²) in [7, 11) is -0.535. The lowest BCUT2D eigenvalue weighted by Gasteiger charge is -2.24. The Kier molecular flexibility index (Phi) is 14.0. The van der Waals surface area contributed by atoms with E-state index in [9.17, 15) is 5.11 Å². The summed E-state index contributed by atoms with van der Waals surface area (Å²) in [6, 6.07) is 1.94. The Hall–Kier alpha value is 0.114. The Morgan fingerprint density at radius 1 is 0.897 bits per heavy atom. The molecule has 0 spiro atoms. The minimum Gasteiger partial charge on any atom is -0.418 e. The first kappa shape index (κ1) is 27.1. The van der Waals surface area contributed by atoms with E-state index >= 15 is 0 Å². The third kappa shape index (κ3) is 13.9. The van der Waals surface area contributed by atoms with Crippen molar-refractivity contribution < 1.29 is 37.3 Å². The van der Waals surface area contributed by atoms with Gasteiger partial charge in [0.25, 0.3) is 0 Å². The first-order valence-corrected chi connectivity index (χ1v) is 16.0. The van der Waals surface area contributed by atoms with Crippen LogP contribution < -0.4 is 0 Å². The van der Waals surface area contributed by atoms with Gasteiger partial charge in [-0.2, -0.15) is 0 Å². The van der Waals surface area contributed by atoms with Crippen molar-refractivity contribution in [1.82, 2.24) is 0 Å². The summed E-state index contributed by atoms with van der Waals surface area (Å²) in [6.07, 6.45) is 2.67. The molecule has 2 unspecified atom stereocenters. The molecule has 0 aromatic heterocycles. The molecule has 2 rings (SSSR count). The molecule has 8 nitrogen and oxygen atoms in total. The lowest BCUT2D eigenvalue weighted by molar-refractivity contribution is 0.113. The van der Waals surface area contributed by atoms with E-state index < -0.39 is 16.9 Å². The minimum absolute atomic E-state index is 0.00820. The van der Waals surface area contributed by atoms with Gasteiger partial charge in [-0.05, 0) is 44.9 Å². The summed E-state index contributed by atoms with van der Waals surface area (Å²) in [4.78, 5) is 0. The highest BCUT2D eigenvalue weighted by atomic mass is 28.4. The molecule has 10 heteroatoms. The van der Waals surface area contributed by atoms with Gasteiger partial charge in [0.15, 0.2) is 8.32 Å². The zero-order valence-corrected chi connectivity index (χ0v) is 20.9. The number of rotatable bonds is 17. The molecule has 2 fully saturated rings. The van der Waals surface area contributed by atoms with Crippen molar-refractivity contribution in [2.24, 2.45) is 0 Å². The van der Waals surface area contributed by atoms with Gasteiger partial charge in [-0.1, -0.05) is 0 Å². The van der Waals surface area contributed by atoms with E-state index in [1.807, 2.05) is 0 Å². The molecule has 2 saturated heterocycles. The predicted octanol–water partition coefficient (Wildman–Crippen LogP) is 2.09. The first-order chi connectivity index (χ1) is 13.9. The lowest BCUT2D eigenvalue weighted by Crippen LogP contribution is -2.44. The summed E-state index contributed by atoms with van der Waals surface area (Å²) < 4.78 is 37.2. The van der Waals surface area contributed by atoms with Gasteiger partial charge >= 0.3 is 8.56 Å². The van der Waals surface area contributed by atoms with Crippen molar-refractivity contribution in [3.63, 3.8) is 0 Å². The maximum atomic E-state index is 9.18. The van der Waals surface area contributed by atoms with Crippen molar-refractivity contribution in [3.8, 4) is 0 Å². The van der Waals surface area contributed by atoms with E-state index in [-0.39, 0.29) is 6.23 Å². The summed E-state index contributed by atoms with van der Waals surface area (Å²) >= 11 is 0. The summed E-state index contributed by atoms with van der Waals surface area (Å²) in [6.45, 7) is 12.1. The van der Waals surface area contributed by atoms with Gasteiger partial charge < -0.3 is 37.3 Å². The highest BCUT2D eigenvalue weighted by molar-refractivity contribution is 6.71. The first-order valence-electron chi connectivity index (χ1n) is 10.6. The topological polar surface area (TPSA) is 91.4 Å². The minimum atomic E-state index is -2.33. The number of ether oxygens (including phenoxy) is 4. The van der Waals surface area contributed by atoms with Crippen molar-refractivity contribution in [2.45, 2.75) is 57.2 Å². The number of aliphatic hydroxyl groups is 1. The monoisotopic (exact) mass is 454 g/mol. The zero-order valence-electron chi connectivity index (χ0n) is 18.9. The van der Waals surface area contributed by atoms with Gasteiger partial charge in [0.05, 0.1) is 32.7 Å². The van der Waals surface area contributed by atoms with Crippen LogP contribution >= 0.6 is 0 Å². The number of hydrogen-bond donors (Lipinski definition) is 1. The van der Waals surface area contributed by atoms with Crippen molar-refractivity contribution >= 4 is 16.9 Å². The van der Waals surface area contributed by atoms with Crippen LogP contribution in [0.2, 0.25) is 25.2 Å². The Labute approximate surface area is 178 Å². The zero-order chi connectivity index (χ0) is 21.6. The quantitative estimate of drug-likeness (QED) is 0.203. The Morgan fingerprint density at radius 2 is 1.38 bits per heavy atom. The van der Waals surface area contributed by atoms with Crippen LogP contribution in [0, 0.1) is 0 Å². The normalized spacial score (nSPS) is 20.9. The van der Waals surface area contributed by atoms with Crippen LogP contribution in [0.4, 0.5) is 0 Å². The average Bonchev–Trinajstić information content (AvgIpc) is 3.61. The van der Waals surface area contributed by atoms with E-state index in [2.05, 4.69) is 20.0 Å². The molecule has 0 aromatic rings. The number of aliphatic hydroxyl groups excluding tert-OH is 1. The van der Waals surface area contributed by atoms with Gasteiger partial charge in [0.1, 0.15) is 12.2 Å². The molecule has 0 bridgehead atoms. The molecule has 29 heavy (non-hydrogen) atoms. The van der Waals surface area contributed by atoms with Crippen LogP contribution in [-0.2, 0) is 32.2 Å². The number of hydrogen-bond acceptors (Lipinski definition) is 8. The van der Waals surface area contributed by atoms with Crippen LogP contribution in [0.25, 0.3) is 0 Å². The summed E-state index contributed by atoms with van der Waals surface area (Å²) in [5.74, 6) is 0. The van der Waals surface area contributed by atoms with Crippen molar-refractivity contribution in [1.29, 1.82) is 0 Å². The van der Waals surface area contributed by atoms with Gasteiger partial charge in [-0.3, -0.25) is 0 Å². The largest absolute Gasteiger partial charge is 0.418 e. The molecule has 2 atom stereocenters. The van der Waals surface area contributed by atoms with Gasteiger partial charge in [-0.25, -0.2) is 0 Å². The Balaban J connectivity index is 0.000000291. The third-order valence-electron chi connectivity index (χ3n) is 4.85.